The fraction of sp³-hybridized carbons (Fsp3) is 0.600. The lowest BCUT2D eigenvalue weighted by atomic mass is 9.69. The monoisotopic (exact) mass is 807 g/mol. The van der Waals surface area contributed by atoms with E-state index in [4.69, 9.17) is 0 Å². The van der Waals surface area contributed by atoms with Crippen LogP contribution in [0.3, 0.4) is 0 Å². The van der Waals surface area contributed by atoms with Crippen molar-refractivity contribution in [2.45, 2.75) is 232 Å². The van der Waals surface area contributed by atoms with Crippen LogP contribution in [0.15, 0.2) is 72.8 Å². The Morgan fingerprint density at radius 2 is 0.533 bits per heavy atom. The van der Waals surface area contributed by atoms with Crippen LogP contribution in [0.2, 0.25) is 0 Å². The van der Waals surface area contributed by atoms with E-state index < -0.39 is 0 Å². The molecule has 0 unspecified atom stereocenters. The van der Waals surface area contributed by atoms with Crippen LogP contribution >= 0.6 is 0 Å². The Morgan fingerprint density at radius 3 is 0.833 bits per heavy atom. The minimum absolute atomic E-state index is 0.103. The first-order chi connectivity index (χ1) is 29.4. The number of benzene rings is 4. The van der Waals surface area contributed by atoms with Crippen molar-refractivity contribution in [2.75, 3.05) is 0 Å². The molecule has 0 fully saturated rings. The Kier molecular flexibility index (Phi) is 18.1. The van der Waals surface area contributed by atoms with Crippen molar-refractivity contribution in [1.82, 2.24) is 0 Å². The van der Waals surface area contributed by atoms with Crippen molar-refractivity contribution in [2.24, 2.45) is 0 Å². The lowest BCUT2D eigenvalue weighted by Crippen LogP contribution is -2.26. The van der Waals surface area contributed by atoms with Gasteiger partial charge in [-0.25, -0.2) is 0 Å². The number of unbranched alkanes of at least 4 members (excludes halogenated alkanes) is 20. The predicted octanol–water partition coefficient (Wildman–Crippen LogP) is 19.5. The van der Waals surface area contributed by atoms with Crippen LogP contribution < -0.4 is 0 Å². The third-order valence-electron chi connectivity index (χ3n) is 15.2. The minimum Gasteiger partial charge on any atom is -0.0654 e. The molecule has 0 nitrogen and oxygen atoms in total. The zero-order chi connectivity index (χ0) is 42.2. The summed E-state index contributed by atoms with van der Waals surface area (Å²) in [5.74, 6) is 0. The highest BCUT2D eigenvalue weighted by Crippen LogP contribution is 2.57. The Morgan fingerprint density at radius 1 is 0.283 bits per heavy atom. The lowest BCUT2D eigenvalue weighted by molar-refractivity contribution is 0.397. The van der Waals surface area contributed by atoms with E-state index in [0.717, 1.165) is 0 Å². The molecule has 0 aromatic heterocycles. The second kappa shape index (κ2) is 23.4. The van der Waals surface area contributed by atoms with Gasteiger partial charge in [-0.05, 0) is 107 Å². The second-order valence-corrected chi connectivity index (χ2v) is 19.9. The van der Waals surface area contributed by atoms with Gasteiger partial charge in [-0.2, -0.15) is 0 Å². The van der Waals surface area contributed by atoms with Crippen LogP contribution in [-0.2, 0) is 10.8 Å². The minimum atomic E-state index is 0.103. The molecule has 0 spiro atoms. The molecule has 0 saturated carbocycles. The summed E-state index contributed by atoms with van der Waals surface area (Å²) in [6.45, 7) is 14.0. The van der Waals surface area contributed by atoms with Gasteiger partial charge in [0, 0.05) is 10.8 Å². The Bertz CT molecular complexity index is 1730. The molecule has 0 heterocycles. The highest BCUT2D eigenvalue weighted by atomic mass is 14.5. The average Bonchev–Trinajstić information content (AvgIpc) is 3.67. The Balaban J connectivity index is 1.39. The summed E-state index contributed by atoms with van der Waals surface area (Å²) in [6.07, 6.45) is 37.7. The summed E-state index contributed by atoms with van der Waals surface area (Å²) in [6, 6.07) is 30.3. The van der Waals surface area contributed by atoms with Gasteiger partial charge in [0.2, 0.25) is 0 Å². The zero-order valence-corrected chi connectivity index (χ0v) is 39.7. The van der Waals surface area contributed by atoms with Crippen molar-refractivity contribution < 1.29 is 0 Å². The summed E-state index contributed by atoms with van der Waals surface area (Å²) in [4.78, 5) is 0. The van der Waals surface area contributed by atoms with Crippen LogP contribution in [0.5, 0.6) is 0 Å². The number of rotatable bonds is 29. The van der Waals surface area contributed by atoms with Gasteiger partial charge >= 0.3 is 0 Å². The van der Waals surface area contributed by atoms with Crippen LogP contribution in [0.4, 0.5) is 0 Å². The van der Waals surface area contributed by atoms with Crippen LogP contribution in [0, 0.1) is 13.8 Å². The van der Waals surface area contributed by atoms with Gasteiger partial charge in [0.25, 0.3) is 0 Å². The van der Waals surface area contributed by atoms with Crippen molar-refractivity contribution >= 4 is 0 Å². The smallest absolute Gasteiger partial charge is 0.0215 e. The molecule has 2 aliphatic carbocycles. The first kappa shape index (κ1) is 46.4. The van der Waals surface area contributed by atoms with Crippen molar-refractivity contribution in [3.63, 3.8) is 0 Å². The highest BCUT2D eigenvalue weighted by molar-refractivity contribution is 5.87. The Hall–Kier alpha value is -3.12. The third-order valence-corrected chi connectivity index (χ3v) is 15.2. The van der Waals surface area contributed by atoms with E-state index in [0.29, 0.717) is 0 Å². The molecule has 60 heavy (non-hydrogen) atoms. The van der Waals surface area contributed by atoms with E-state index in [1.807, 2.05) is 0 Å². The molecule has 0 heteroatoms. The van der Waals surface area contributed by atoms with Crippen LogP contribution in [0.25, 0.3) is 33.4 Å². The lowest BCUT2D eigenvalue weighted by Gasteiger charge is -2.34. The predicted molar refractivity (Wildman–Crippen MR) is 266 cm³/mol. The van der Waals surface area contributed by atoms with Gasteiger partial charge in [0.05, 0.1) is 0 Å². The fourth-order valence-corrected chi connectivity index (χ4v) is 11.7. The molecule has 326 valence electrons. The molecule has 0 radical (unpaired) electrons. The van der Waals surface area contributed by atoms with E-state index in [2.05, 4.69) is 114 Å². The van der Waals surface area contributed by atoms with Gasteiger partial charge in [-0.1, -0.05) is 254 Å². The van der Waals surface area contributed by atoms with E-state index in [1.165, 1.54) is 224 Å². The van der Waals surface area contributed by atoms with Gasteiger partial charge in [0.15, 0.2) is 0 Å². The summed E-state index contributed by atoms with van der Waals surface area (Å²) >= 11 is 0. The molecule has 0 saturated heterocycles. The van der Waals surface area contributed by atoms with Crippen molar-refractivity contribution in [3.05, 3.63) is 106 Å². The van der Waals surface area contributed by atoms with Crippen LogP contribution in [-0.4, -0.2) is 0 Å². The van der Waals surface area contributed by atoms with Crippen molar-refractivity contribution in [3.8, 4) is 33.4 Å². The Labute approximate surface area is 370 Å². The first-order valence-electron chi connectivity index (χ1n) is 25.9. The van der Waals surface area contributed by atoms with Gasteiger partial charge in [-0.3, -0.25) is 0 Å². The molecule has 4 aromatic carbocycles. The molecule has 0 bridgehead atoms. The summed E-state index contributed by atoms with van der Waals surface area (Å²) in [7, 11) is 0. The molecular formula is C60H86. The summed E-state index contributed by atoms with van der Waals surface area (Å²) < 4.78 is 0. The average molecular weight is 807 g/mol. The van der Waals surface area contributed by atoms with Crippen molar-refractivity contribution in [1.29, 1.82) is 0 Å². The van der Waals surface area contributed by atoms with E-state index >= 15 is 0 Å². The molecular weight excluding hydrogens is 721 g/mol. The first-order valence-corrected chi connectivity index (χ1v) is 25.9. The van der Waals surface area contributed by atoms with Gasteiger partial charge < -0.3 is 0 Å². The SMILES string of the molecule is CCCCCCCCC1(CCCCCCCC)c2cc(C)ccc2-c2ccc(-c3ccc4c(c3)C(CCCCCCCC)(CCCCCCCC)c3cc(C)ccc3-4)cc21. The maximum absolute atomic E-state index is 2.70. The summed E-state index contributed by atoms with van der Waals surface area (Å²) in [5.41, 5.74) is 18.5. The maximum Gasteiger partial charge on any atom is 0.0215 e. The van der Waals surface area contributed by atoms with Crippen LogP contribution in [0.1, 0.15) is 241 Å². The number of fused-ring (bicyclic) bond motifs is 6. The number of hydrogen-bond donors (Lipinski definition) is 0. The molecule has 0 N–H and O–H groups in total. The molecule has 2 aliphatic rings. The number of aryl methyl sites for hydroxylation is 2. The number of hydrogen-bond acceptors (Lipinski definition) is 0. The van der Waals surface area contributed by atoms with Gasteiger partial charge in [-0.15, -0.1) is 0 Å². The van der Waals surface area contributed by atoms with E-state index in [-0.39, 0.29) is 10.8 Å². The molecule has 0 aliphatic heterocycles. The topological polar surface area (TPSA) is 0 Å². The quantitative estimate of drug-likeness (QED) is 0.0480. The van der Waals surface area contributed by atoms with Gasteiger partial charge in [0.1, 0.15) is 0 Å². The second-order valence-electron chi connectivity index (χ2n) is 19.9. The fourth-order valence-electron chi connectivity index (χ4n) is 11.7. The standard InChI is InChI=1S/C60H86/c1-7-11-15-19-23-27-39-59(40-28-24-20-16-12-8-2)55-43-47(5)31-35-51(55)53-37-33-49(45-57(53)59)50-34-38-54-52-36-32-48(6)44-56(52)60(58(54)46-50,41-29-25-21-17-13-9-3)42-30-26-22-18-14-10-4/h31-38,43-46H,7-30,39-42H2,1-6H3. The highest BCUT2D eigenvalue weighted by Gasteiger charge is 2.44. The summed E-state index contributed by atoms with van der Waals surface area (Å²) in [5, 5.41) is 0. The van der Waals surface area contributed by atoms with E-state index in [1.54, 1.807) is 22.3 Å². The molecule has 6 rings (SSSR count). The third kappa shape index (κ3) is 10.9. The molecule has 4 aromatic rings. The maximum atomic E-state index is 2.70. The normalized spacial score (nSPS) is 14.3. The molecule has 0 atom stereocenters. The largest absolute Gasteiger partial charge is 0.0654 e. The molecule has 0 amide bonds. The van der Waals surface area contributed by atoms with E-state index in [9.17, 15) is 0 Å². The zero-order valence-electron chi connectivity index (χ0n) is 39.7.